The lowest BCUT2D eigenvalue weighted by Crippen LogP contribution is -2.52. The van der Waals surface area contributed by atoms with Gasteiger partial charge in [-0.1, -0.05) is 50.2 Å². The third-order valence-electron chi connectivity index (χ3n) is 4.64. The summed E-state index contributed by atoms with van der Waals surface area (Å²) >= 11 is 0. The SMILES string of the molecule is CC(C)C[C@H](NC(=O)COc1cccc2ccccc12)C(=O)[C@H](C=O)C(N)C(=O)O. The normalized spacial score (nSPS) is 14.0. The highest BCUT2D eigenvalue weighted by Crippen LogP contribution is 2.25. The number of carboxylic acid groups (broad SMARTS) is 1. The molecule has 1 amide bonds. The largest absolute Gasteiger partial charge is 0.483 e. The first-order valence-electron chi connectivity index (χ1n) is 9.62. The van der Waals surface area contributed by atoms with Crippen LogP contribution in [0.3, 0.4) is 0 Å². The van der Waals surface area contributed by atoms with Gasteiger partial charge in [0.05, 0.1) is 6.04 Å². The summed E-state index contributed by atoms with van der Waals surface area (Å²) in [6.07, 6.45) is 0.447. The van der Waals surface area contributed by atoms with Gasteiger partial charge >= 0.3 is 5.97 Å². The van der Waals surface area contributed by atoms with Crippen LogP contribution in [0.5, 0.6) is 5.75 Å². The fourth-order valence-corrected chi connectivity index (χ4v) is 3.13. The van der Waals surface area contributed by atoms with Gasteiger partial charge in [-0.25, -0.2) is 0 Å². The molecule has 30 heavy (non-hydrogen) atoms. The number of aldehydes is 1. The number of amides is 1. The first kappa shape index (κ1) is 23.0. The first-order chi connectivity index (χ1) is 14.2. The maximum absolute atomic E-state index is 12.7. The lowest BCUT2D eigenvalue weighted by atomic mass is 9.88. The minimum atomic E-state index is -1.67. The molecule has 0 saturated carbocycles. The Morgan fingerprint density at radius 2 is 1.80 bits per heavy atom. The van der Waals surface area contributed by atoms with Crippen LogP contribution in [0.25, 0.3) is 10.8 Å². The van der Waals surface area contributed by atoms with Gasteiger partial charge in [-0.3, -0.25) is 14.4 Å². The number of hydrogen-bond acceptors (Lipinski definition) is 6. The lowest BCUT2D eigenvalue weighted by molar-refractivity contribution is -0.145. The second-order valence-corrected chi connectivity index (χ2v) is 7.44. The molecule has 0 aliphatic rings. The van der Waals surface area contributed by atoms with Gasteiger partial charge in [0.15, 0.2) is 12.4 Å². The molecule has 2 aromatic carbocycles. The lowest BCUT2D eigenvalue weighted by Gasteiger charge is -2.23. The van der Waals surface area contributed by atoms with Crippen molar-refractivity contribution in [2.75, 3.05) is 6.61 Å². The number of fused-ring (bicyclic) bond motifs is 1. The zero-order chi connectivity index (χ0) is 22.3. The van der Waals surface area contributed by atoms with Crippen LogP contribution in [0.2, 0.25) is 0 Å². The zero-order valence-corrected chi connectivity index (χ0v) is 16.9. The molecule has 4 N–H and O–H groups in total. The van der Waals surface area contributed by atoms with E-state index >= 15 is 0 Å². The molecule has 0 aliphatic heterocycles. The Morgan fingerprint density at radius 3 is 2.43 bits per heavy atom. The summed E-state index contributed by atoms with van der Waals surface area (Å²) in [5.74, 6) is -3.78. The molecule has 0 heterocycles. The van der Waals surface area contributed by atoms with Crippen molar-refractivity contribution in [2.45, 2.75) is 32.4 Å². The Balaban J connectivity index is 2.10. The van der Waals surface area contributed by atoms with E-state index in [-0.39, 0.29) is 25.2 Å². The van der Waals surface area contributed by atoms with Crippen molar-refractivity contribution >= 4 is 34.7 Å². The quantitative estimate of drug-likeness (QED) is 0.375. The molecule has 8 heteroatoms. The summed E-state index contributed by atoms with van der Waals surface area (Å²) in [6.45, 7) is 3.34. The van der Waals surface area contributed by atoms with E-state index in [1.54, 1.807) is 6.07 Å². The van der Waals surface area contributed by atoms with Gasteiger partial charge in [-0.05, 0) is 23.8 Å². The number of ether oxygens (including phenoxy) is 1. The average molecular weight is 414 g/mol. The number of carbonyl (C=O) groups excluding carboxylic acids is 3. The molecule has 8 nitrogen and oxygen atoms in total. The van der Waals surface area contributed by atoms with Crippen molar-refractivity contribution in [1.29, 1.82) is 0 Å². The standard InChI is InChI=1S/C22H26N2O6/c1-13(2)10-17(21(27)16(11-25)20(23)22(28)29)24-19(26)12-30-18-9-5-7-14-6-3-4-8-15(14)18/h3-9,11,13,16-17,20H,10,12,23H2,1-2H3,(H,24,26)(H,28,29)/t16-,17+,20?/m1/s1. The molecule has 160 valence electrons. The zero-order valence-electron chi connectivity index (χ0n) is 16.9. The van der Waals surface area contributed by atoms with E-state index < -0.39 is 35.7 Å². The van der Waals surface area contributed by atoms with Crippen LogP contribution in [-0.4, -0.2) is 47.7 Å². The number of hydrogen-bond donors (Lipinski definition) is 3. The fraction of sp³-hybridized carbons (Fsp3) is 0.364. The Kier molecular flexibility index (Phi) is 8.06. The molecule has 0 saturated heterocycles. The Labute approximate surface area is 174 Å². The number of benzene rings is 2. The van der Waals surface area contributed by atoms with E-state index in [4.69, 9.17) is 15.6 Å². The predicted molar refractivity (Wildman–Crippen MR) is 111 cm³/mol. The molecule has 0 aromatic heterocycles. The minimum Gasteiger partial charge on any atom is -0.483 e. The molecule has 0 fully saturated rings. The summed E-state index contributed by atoms with van der Waals surface area (Å²) < 4.78 is 5.63. The van der Waals surface area contributed by atoms with E-state index in [2.05, 4.69) is 5.32 Å². The third kappa shape index (κ3) is 5.87. The van der Waals surface area contributed by atoms with Crippen molar-refractivity contribution in [2.24, 2.45) is 17.6 Å². The molecule has 0 bridgehead atoms. The fourth-order valence-electron chi connectivity index (χ4n) is 3.13. The van der Waals surface area contributed by atoms with Crippen LogP contribution in [0.15, 0.2) is 42.5 Å². The number of Topliss-reactive ketones (excluding diaryl/α,β-unsaturated/α-hetero) is 1. The molecule has 2 aromatic rings. The van der Waals surface area contributed by atoms with Gasteiger partial charge in [0, 0.05) is 5.39 Å². The number of nitrogens with one attached hydrogen (secondary N) is 1. The minimum absolute atomic E-state index is 0.00610. The van der Waals surface area contributed by atoms with Crippen LogP contribution in [0, 0.1) is 11.8 Å². The van der Waals surface area contributed by atoms with E-state index in [1.165, 1.54) is 0 Å². The average Bonchev–Trinajstić information content (AvgIpc) is 2.71. The van der Waals surface area contributed by atoms with Crippen molar-refractivity contribution < 1.29 is 29.0 Å². The molecule has 2 rings (SSSR count). The van der Waals surface area contributed by atoms with Crippen LogP contribution in [0.4, 0.5) is 0 Å². The van der Waals surface area contributed by atoms with Gasteiger partial charge in [0.1, 0.15) is 24.0 Å². The monoisotopic (exact) mass is 414 g/mol. The molecule has 0 radical (unpaired) electrons. The summed E-state index contributed by atoms with van der Waals surface area (Å²) in [6, 6.07) is 10.3. The predicted octanol–water partition coefficient (Wildman–Crippen LogP) is 1.55. The maximum atomic E-state index is 12.7. The van der Waals surface area contributed by atoms with Crippen LogP contribution >= 0.6 is 0 Å². The van der Waals surface area contributed by atoms with Gasteiger partial charge in [-0.2, -0.15) is 0 Å². The second kappa shape index (κ2) is 10.5. The molecule has 1 unspecified atom stereocenters. The number of aliphatic carboxylic acids is 1. The van der Waals surface area contributed by atoms with Gasteiger partial charge in [0.25, 0.3) is 5.91 Å². The highest BCUT2D eigenvalue weighted by molar-refractivity contribution is 6.02. The Hall–Kier alpha value is -3.26. The molecule has 0 spiro atoms. The number of nitrogens with two attached hydrogens (primary N) is 1. The van der Waals surface area contributed by atoms with Gasteiger partial charge in [0.2, 0.25) is 0 Å². The molecular formula is C22H26N2O6. The highest BCUT2D eigenvalue weighted by Gasteiger charge is 2.35. The van der Waals surface area contributed by atoms with Gasteiger partial charge in [-0.15, -0.1) is 0 Å². The van der Waals surface area contributed by atoms with Crippen LogP contribution in [0.1, 0.15) is 20.3 Å². The Morgan fingerprint density at radius 1 is 1.13 bits per heavy atom. The second-order valence-electron chi connectivity index (χ2n) is 7.44. The topological polar surface area (TPSA) is 136 Å². The molecular weight excluding hydrogens is 388 g/mol. The summed E-state index contributed by atoms with van der Waals surface area (Å²) in [7, 11) is 0. The van der Waals surface area contributed by atoms with E-state index in [9.17, 15) is 19.2 Å². The summed E-state index contributed by atoms with van der Waals surface area (Å²) in [5, 5.41) is 13.4. The van der Waals surface area contributed by atoms with Crippen molar-refractivity contribution in [3.8, 4) is 5.75 Å². The van der Waals surface area contributed by atoms with E-state index in [1.807, 2.05) is 50.2 Å². The molecule has 0 aliphatic carbocycles. The first-order valence-corrected chi connectivity index (χ1v) is 9.62. The van der Waals surface area contributed by atoms with Gasteiger partial charge < -0.3 is 25.7 Å². The van der Waals surface area contributed by atoms with Crippen LogP contribution < -0.4 is 15.8 Å². The smallest absolute Gasteiger partial charge is 0.321 e. The number of carboxylic acids is 1. The number of rotatable bonds is 11. The third-order valence-corrected chi connectivity index (χ3v) is 4.64. The number of ketones is 1. The van der Waals surface area contributed by atoms with Crippen molar-refractivity contribution in [3.63, 3.8) is 0 Å². The van der Waals surface area contributed by atoms with Crippen LogP contribution in [-0.2, 0) is 19.2 Å². The summed E-state index contributed by atoms with van der Waals surface area (Å²) in [5.41, 5.74) is 5.47. The van der Waals surface area contributed by atoms with Crippen molar-refractivity contribution in [3.05, 3.63) is 42.5 Å². The van der Waals surface area contributed by atoms with E-state index in [0.29, 0.717) is 5.75 Å². The maximum Gasteiger partial charge on any atom is 0.321 e. The summed E-state index contributed by atoms with van der Waals surface area (Å²) in [4.78, 5) is 47.5. The van der Waals surface area contributed by atoms with Crippen molar-refractivity contribution in [1.82, 2.24) is 5.32 Å². The highest BCUT2D eigenvalue weighted by atomic mass is 16.5. The van der Waals surface area contributed by atoms with E-state index in [0.717, 1.165) is 10.8 Å². The Bertz CT molecular complexity index is 921. The number of carbonyl (C=O) groups is 4. The molecule has 3 atom stereocenters.